The molecule has 2 nitrogen and oxygen atoms in total. The van der Waals surface area contributed by atoms with Crippen LogP contribution in [0, 0.1) is 18.6 Å². The van der Waals surface area contributed by atoms with E-state index in [4.69, 9.17) is 0 Å². The summed E-state index contributed by atoms with van der Waals surface area (Å²) in [5.74, 6) is -0.396. The van der Waals surface area contributed by atoms with Crippen LogP contribution in [0.3, 0.4) is 0 Å². The van der Waals surface area contributed by atoms with Crippen molar-refractivity contribution in [3.63, 3.8) is 0 Å². The number of rotatable bonds is 7. The zero-order valence-corrected chi connectivity index (χ0v) is 18.6. The fourth-order valence-corrected chi connectivity index (χ4v) is 4.80. The van der Waals surface area contributed by atoms with Crippen molar-refractivity contribution in [1.29, 1.82) is 0 Å². The summed E-state index contributed by atoms with van der Waals surface area (Å²) in [6, 6.07) is 21.4. The molecule has 0 saturated carbocycles. The summed E-state index contributed by atoms with van der Waals surface area (Å²) < 4.78 is 26.9. The summed E-state index contributed by atoms with van der Waals surface area (Å²) in [4.78, 5) is 2.41. The van der Waals surface area contributed by atoms with Gasteiger partial charge in [-0.15, -0.1) is 0 Å². The maximum absolute atomic E-state index is 13.4. The van der Waals surface area contributed by atoms with Gasteiger partial charge in [-0.05, 0) is 80.1 Å². The Labute approximate surface area is 189 Å². The SMILES string of the molecule is Cc1cccc(C2(O)CCN(CCCC(c3ccc(F)cc3)c3ccc(F)cc3)CC2)c1. The van der Waals surface area contributed by atoms with Crippen molar-refractivity contribution >= 4 is 0 Å². The summed E-state index contributed by atoms with van der Waals surface area (Å²) >= 11 is 0. The van der Waals surface area contributed by atoms with Gasteiger partial charge in [0.15, 0.2) is 0 Å². The van der Waals surface area contributed by atoms with Crippen LogP contribution in [0.15, 0.2) is 72.8 Å². The Morgan fingerprint density at radius 2 is 1.44 bits per heavy atom. The molecule has 3 aromatic carbocycles. The van der Waals surface area contributed by atoms with Gasteiger partial charge in [-0.3, -0.25) is 0 Å². The third-order valence-electron chi connectivity index (χ3n) is 6.75. The second-order valence-electron chi connectivity index (χ2n) is 9.04. The molecule has 0 spiro atoms. The largest absolute Gasteiger partial charge is 0.385 e. The van der Waals surface area contributed by atoms with Crippen LogP contribution < -0.4 is 0 Å². The molecule has 4 rings (SSSR count). The number of aliphatic hydroxyl groups is 1. The topological polar surface area (TPSA) is 23.5 Å². The predicted octanol–water partition coefficient (Wildman–Crippen LogP) is 6.17. The minimum Gasteiger partial charge on any atom is -0.385 e. The number of piperidine rings is 1. The molecule has 1 fully saturated rings. The first kappa shape index (κ1) is 22.6. The summed E-state index contributed by atoms with van der Waals surface area (Å²) in [7, 11) is 0. The number of hydrogen-bond donors (Lipinski definition) is 1. The summed E-state index contributed by atoms with van der Waals surface area (Å²) in [5, 5.41) is 11.2. The van der Waals surface area contributed by atoms with Crippen LogP contribution in [-0.4, -0.2) is 29.6 Å². The van der Waals surface area contributed by atoms with Crippen molar-refractivity contribution < 1.29 is 13.9 Å². The molecule has 0 aromatic heterocycles. The molecular formula is C28H31F2NO. The minimum absolute atomic E-state index is 0.102. The van der Waals surface area contributed by atoms with Crippen molar-refractivity contribution in [2.75, 3.05) is 19.6 Å². The lowest BCUT2D eigenvalue weighted by Crippen LogP contribution is -2.42. The van der Waals surface area contributed by atoms with Gasteiger partial charge in [-0.25, -0.2) is 8.78 Å². The zero-order valence-electron chi connectivity index (χ0n) is 18.6. The number of nitrogens with zero attached hydrogens (tertiary/aromatic N) is 1. The van der Waals surface area contributed by atoms with Crippen LogP contribution in [0.2, 0.25) is 0 Å². The van der Waals surface area contributed by atoms with Crippen LogP contribution in [0.25, 0.3) is 0 Å². The summed E-state index contributed by atoms with van der Waals surface area (Å²) in [6.07, 6.45) is 3.34. The van der Waals surface area contributed by atoms with E-state index in [0.29, 0.717) is 0 Å². The quantitative estimate of drug-likeness (QED) is 0.480. The van der Waals surface area contributed by atoms with E-state index in [-0.39, 0.29) is 17.6 Å². The second kappa shape index (κ2) is 9.93. The first-order chi connectivity index (χ1) is 15.4. The lowest BCUT2D eigenvalue weighted by Gasteiger charge is -2.39. The standard InChI is InChI=1S/C28H31F2NO/c1-21-4-2-5-24(20-21)28(32)15-18-31(19-16-28)17-3-6-27(22-7-11-25(29)12-8-22)23-9-13-26(30)14-10-23/h2,4-5,7-14,20,27,32H,3,6,15-19H2,1H3. The third-order valence-corrected chi connectivity index (χ3v) is 6.75. The Morgan fingerprint density at radius 1 is 0.875 bits per heavy atom. The van der Waals surface area contributed by atoms with Crippen LogP contribution in [0.4, 0.5) is 8.78 Å². The number of hydrogen-bond acceptors (Lipinski definition) is 2. The van der Waals surface area contributed by atoms with E-state index >= 15 is 0 Å². The molecule has 1 aliphatic rings. The number of likely N-dealkylation sites (tertiary alicyclic amines) is 1. The fourth-order valence-electron chi connectivity index (χ4n) is 4.80. The molecule has 4 heteroatoms. The van der Waals surface area contributed by atoms with Gasteiger partial charge in [0, 0.05) is 19.0 Å². The molecule has 3 aromatic rings. The average Bonchev–Trinajstić information content (AvgIpc) is 2.80. The highest BCUT2D eigenvalue weighted by molar-refractivity contribution is 5.33. The van der Waals surface area contributed by atoms with E-state index in [9.17, 15) is 13.9 Å². The maximum atomic E-state index is 13.4. The van der Waals surface area contributed by atoms with Gasteiger partial charge in [0.05, 0.1) is 5.60 Å². The molecule has 0 radical (unpaired) electrons. The third kappa shape index (κ3) is 5.43. The van der Waals surface area contributed by atoms with Gasteiger partial charge in [0.1, 0.15) is 11.6 Å². The first-order valence-corrected chi connectivity index (χ1v) is 11.5. The molecular weight excluding hydrogens is 404 g/mol. The Morgan fingerprint density at radius 3 is 1.97 bits per heavy atom. The van der Waals surface area contributed by atoms with Crippen molar-refractivity contribution in [3.8, 4) is 0 Å². The summed E-state index contributed by atoms with van der Waals surface area (Å²) in [5.41, 5.74) is 3.54. The van der Waals surface area contributed by atoms with Gasteiger partial charge < -0.3 is 10.0 Å². The highest BCUT2D eigenvalue weighted by Crippen LogP contribution is 2.34. The van der Waals surface area contributed by atoms with Crippen molar-refractivity contribution in [1.82, 2.24) is 4.90 Å². The average molecular weight is 436 g/mol. The molecule has 0 unspecified atom stereocenters. The Hall–Kier alpha value is -2.56. The maximum Gasteiger partial charge on any atom is 0.123 e. The van der Waals surface area contributed by atoms with E-state index in [0.717, 1.165) is 62.0 Å². The van der Waals surface area contributed by atoms with Gasteiger partial charge >= 0.3 is 0 Å². The smallest absolute Gasteiger partial charge is 0.123 e. The first-order valence-electron chi connectivity index (χ1n) is 11.5. The van der Waals surface area contributed by atoms with Crippen LogP contribution in [0.5, 0.6) is 0 Å². The number of halogens is 2. The predicted molar refractivity (Wildman–Crippen MR) is 125 cm³/mol. The van der Waals surface area contributed by atoms with Gasteiger partial charge in [-0.1, -0.05) is 54.1 Å². The zero-order chi connectivity index (χ0) is 22.6. The summed E-state index contributed by atoms with van der Waals surface area (Å²) in [6.45, 7) is 4.73. The van der Waals surface area contributed by atoms with Gasteiger partial charge in [0.2, 0.25) is 0 Å². The highest BCUT2D eigenvalue weighted by Gasteiger charge is 2.33. The van der Waals surface area contributed by atoms with Crippen molar-refractivity contribution in [3.05, 3.63) is 107 Å². The molecule has 1 saturated heterocycles. The Balaban J connectivity index is 1.36. The van der Waals surface area contributed by atoms with Gasteiger partial charge in [0.25, 0.3) is 0 Å². The van der Waals surface area contributed by atoms with E-state index in [1.807, 2.05) is 36.4 Å². The number of benzene rings is 3. The molecule has 1 aliphatic heterocycles. The normalized spacial score (nSPS) is 16.4. The van der Waals surface area contributed by atoms with E-state index in [1.165, 1.54) is 29.8 Å². The second-order valence-corrected chi connectivity index (χ2v) is 9.04. The molecule has 168 valence electrons. The molecule has 0 aliphatic carbocycles. The Kier molecular flexibility index (Phi) is 7.02. The Bertz CT molecular complexity index is 963. The number of aryl methyl sites for hydroxylation is 1. The fraction of sp³-hybridized carbons (Fsp3) is 0.357. The molecule has 1 N–H and O–H groups in total. The minimum atomic E-state index is -0.743. The molecule has 32 heavy (non-hydrogen) atoms. The van der Waals surface area contributed by atoms with E-state index < -0.39 is 5.60 Å². The van der Waals surface area contributed by atoms with Crippen LogP contribution in [-0.2, 0) is 5.60 Å². The van der Waals surface area contributed by atoms with Crippen LogP contribution >= 0.6 is 0 Å². The molecule has 0 atom stereocenters. The monoisotopic (exact) mass is 435 g/mol. The lowest BCUT2D eigenvalue weighted by molar-refractivity contribution is -0.0261. The molecule has 0 amide bonds. The van der Waals surface area contributed by atoms with Crippen molar-refractivity contribution in [2.45, 2.75) is 44.1 Å². The van der Waals surface area contributed by atoms with E-state index in [2.05, 4.69) is 24.0 Å². The molecule has 0 bridgehead atoms. The lowest BCUT2D eigenvalue weighted by atomic mass is 9.83. The van der Waals surface area contributed by atoms with Crippen LogP contribution in [0.1, 0.15) is 53.9 Å². The van der Waals surface area contributed by atoms with Gasteiger partial charge in [-0.2, -0.15) is 0 Å². The van der Waals surface area contributed by atoms with E-state index in [1.54, 1.807) is 0 Å². The highest BCUT2D eigenvalue weighted by atomic mass is 19.1. The molecule has 1 heterocycles. The van der Waals surface area contributed by atoms with Crippen molar-refractivity contribution in [2.24, 2.45) is 0 Å².